The molecule has 104 valence electrons. The third-order valence-corrected chi connectivity index (χ3v) is 3.01. The van der Waals surface area contributed by atoms with Gasteiger partial charge in [0.25, 0.3) is 0 Å². The highest BCUT2D eigenvalue weighted by atomic mass is 16.4. The Hall–Kier alpha value is -2.63. The second-order valence-corrected chi connectivity index (χ2v) is 4.24. The van der Waals surface area contributed by atoms with Gasteiger partial charge in [-0.25, -0.2) is 9.97 Å². The Balaban J connectivity index is 2.56. The van der Waals surface area contributed by atoms with Crippen LogP contribution in [0.15, 0.2) is 41.8 Å². The second kappa shape index (κ2) is 6.01. The normalized spacial score (nSPS) is 11.4. The Bertz CT molecular complexity index is 626. The van der Waals surface area contributed by atoms with Crippen molar-refractivity contribution >= 4 is 17.3 Å². The number of anilines is 2. The number of nitrogens with two attached hydrogens (primary N) is 1. The fourth-order valence-corrected chi connectivity index (χ4v) is 2.06. The van der Waals surface area contributed by atoms with E-state index in [9.17, 15) is 0 Å². The molecule has 0 aliphatic heterocycles. The van der Waals surface area contributed by atoms with Crippen LogP contribution in [-0.2, 0) is 0 Å². The van der Waals surface area contributed by atoms with Crippen molar-refractivity contribution in [3.8, 4) is 0 Å². The summed E-state index contributed by atoms with van der Waals surface area (Å²) in [7, 11) is 0. The largest absolute Gasteiger partial charge is 0.409 e. The minimum Gasteiger partial charge on any atom is -0.409 e. The van der Waals surface area contributed by atoms with Crippen LogP contribution in [0.1, 0.15) is 18.2 Å². The molecular formula is C14H17N5O. The summed E-state index contributed by atoms with van der Waals surface area (Å²) >= 11 is 0. The zero-order chi connectivity index (χ0) is 14.5. The molecule has 2 aromatic rings. The molecule has 2 rings (SSSR count). The van der Waals surface area contributed by atoms with E-state index in [0.717, 1.165) is 11.3 Å². The van der Waals surface area contributed by atoms with Gasteiger partial charge in [0.1, 0.15) is 0 Å². The van der Waals surface area contributed by atoms with Crippen LogP contribution >= 0.6 is 0 Å². The van der Waals surface area contributed by atoms with Gasteiger partial charge >= 0.3 is 0 Å². The maximum absolute atomic E-state index is 8.87. The van der Waals surface area contributed by atoms with Crippen molar-refractivity contribution in [3.05, 3.63) is 47.9 Å². The Labute approximate surface area is 117 Å². The van der Waals surface area contributed by atoms with Crippen LogP contribution < -0.4 is 10.6 Å². The number of nitrogens with zero attached hydrogens (tertiary/aromatic N) is 4. The average Bonchev–Trinajstić information content (AvgIpc) is 2.49. The Morgan fingerprint density at radius 1 is 1.30 bits per heavy atom. The second-order valence-electron chi connectivity index (χ2n) is 4.24. The molecule has 3 N–H and O–H groups in total. The third-order valence-electron chi connectivity index (χ3n) is 3.01. The predicted octanol–water partition coefficient (Wildman–Crippen LogP) is 2.04. The van der Waals surface area contributed by atoms with Gasteiger partial charge < -0.3 is 15.8 Å². The molecule has 0 amide bonds. The standard InChI is InChI=1S/C14H17N5O/c1-3-19(11-7-5-4-6-10(11)2)14-12(13(15)18-20)16-8-9-17-14/h4-9,20H,3H2,1-2H3,(H2,15,18). The topological polar surface area (TPSA) is 87.6 Å². The van der Waals surface area contributed by atoms with Gasteiger partial charge in [0.05, 0.1) is 0 Å². The third kappa shape index (κ3) is 2.54. The number of amidine groups is 1. The highest BCUT2D eigenvalue weighted by Crippen LogP contribution is 2.27. The van der Waals surface area contributed by atoms with Crippen molar-refractivity contribution < 1.29 is 5.21 Å². The van der Waals surface area contributed by atoms with Gasteiger partial charge in [0.2, 0.25) is 0 Å². The van der Waals surface area contributed by atoms with Crippen LogP contribution in [0.25, 0.3) is 0 Å². The van der Waals surface area contributed by atoms with Crippen LogP contribution in [0, 0.1) is 6.92 Å². The fraction of sp³-hybridized carbons (Fsp3) is 0.214. The predicted molar refractivity (Wildman–Crippen MR) is 78.4 cm³/mol. The molecule has 0 radical (unpaired) electrons. The monoisotopic (exact) mass is 271 g/mol. The molecule has 0 bridgehead atoms. The van der Waals surface area contributed by atoms with Crippen molar-refractivity contribution in [1.82, 2.24) is 9.97 Å². The van der Waals surface area contributed by atoms with Gasteiger partial charge in [0, 0.05) is 24.6 Å². The molecular weight excluding hydrogens is 254 g/mol. The average molecular weight is 271 g/mol. The van der Waals surface area contributed by atoms with Crippen molar-refractivity contribution in [2.75, 3.05) is 11.4 Å². The zero-order valence-corrected chi connectivity index (χ0v) is 11.5. The minimum atomic E-state index is -0.0554. The van der Waals surface area contributed by atoms with Crippen LogP contribution in [-0.4, -0.2) is 27.6 Å². The number of aryl methyl sites for hydroxylation is 1. The fourth-order valence-electron chi connectivity index (χ4n) is 2.06. The quantitative estimate of drug-likeness (QED) is 0.384. The molecule has 6 heteroatoms. The molecule has 6 nitrogen and oxygen atoms in total. The summed E-state index contributed by atoms with van der Waals surface area (Å²) < 4.78 is 0. The first-order chi connectivity index (χ1) is 9.69. The van der Waals surface area contributed by atoms with Crippen LogP contribution in [0.4, 0.5) is 11.5 Å². The summed E-state index contributed by atoms with van der Waals surface area (Å²) in [4.78, 5) is 10.5. The van der Waals surface area contributed by atoms with Gasteiger partial charge in [-0.1, -0.05) is 23.4 Å². The van der Waals surface area contributed by atoms with Crippen molar-refractivity contribution in [2.24, 2.45) is 10.9 Å². The number of benzene rings is 1. The van der Waals surface area contributed by atoms with Crippen molar-refractivity contribution in [2.45, 2.75) is 13.8 Å². The summed E-state index contributed by atoms with van der Waals surface area (Å²) in [5, 5.41) is 11.9. The number of aromatic nitrogens is 2. The molecule has 0 fully saturated rings. The Morgan fingerprint density at radius 3 is 2.65 bits per heavy atom. The van der Waals surface area contributed by atoms with Gasteiger partial charge in [-0.2, -0.15) is 0 Å². The summed E-state index contributed by atoms with van der Waals surface area (Å²) in [6.45, 7) is 4.73. The Morgan fingerprint density at radius 2 is 2.00 bits per heavy atom. The Kier molecular flexibility index (Phi) is 4.14. The number of hydrogen-bond donors (Lipinski definition) is 2. The van der Waals surface area contributed by atoms with Crippen molar-refractivity contribution in [1.29, 1.82) is 0 Å². The highest BCUT2D eigenvalue weighted by molar-refractivity contribution is 6.00. The minimum absolute atomic E-state index is 0.0554. The molecule has 1 aromatic heterocycles. The van der Waals surface area contributed by atoms with E-state index in [1.54, 1.807) is 6.20 Å². The van der Waals surface area contributed by atoms with E-state index in [1.165, 1.54) is 6.20 Å². The molecule has 0 aliphatic carbocycles. The zero-order valence-electron chi connectivity index (χ0n) is 11.5. The van der Waals surface area contributed by atoms with E-state index in [-0.39, 0.29) is 5.84 Å². The van der Waals surface area contributed by atoms with Gasteiger partial charge in [0.15, 0.2) is 17.3 Å². The highest BCUT2D eigenvalue weighted by Gasteiger charge is 2.18. The van der Waals surface area contributed by atoms with Crippen molar-refractivity contribution in [3.63, 3.8) is 0 Å². The summed E-state index contributed by atoms with van der Waals surface area (Å²) in [6.07, 6.45) is 3.10. The molecule has 0 spiro atoms. The maximum atomic E-state index is 8.87. The molecule has 0 aliphatic rings. The van der Waals surface area contributed by atoms with E-state index < -0.39 is 0 Å². The first kappa shape index (κ1) is 13.8. The smallest absolute Gasteiger partial charge is 0.192 e. The van der Waals surface area contributed by atoms with Crippen LogP contribution in [0.3, 0.4) is 0 Å². The maximum Gasteiger partial charge on any atom is 0.192 e. The SMILES string of the molecule is CCN(c1ccccc1C)c1nccnc1C(N)=NO. The lowest BCUT2D eigenvalue weighted by Crippen LogP contribution is -2.25. The van der Waals surface area contributed by atoms with Gasteiger partial charge in [-0.3, -0.25) is 0 Å². The van der Waals surface area contributed by atoms with Crippen LogP contribution in [0.5, 0.6) is 0 Å². The van der Waals surface area contributed by atoms with E-state index in [1.807, 2.05) is 43.0 Å². The van der Waals surface area contributed by atoms with E-state index >= 15 is 0 Å². The molecule has 0 atom stereocenters. The number of para-hydroxylation sites is 1. The molecule has 0 unspecified atom stereocenters. The van der Waals surface area contributed by atoms with E-state index in [4.69, 9.17) is 10.9 Å². The number of rotatable bonds is 4. The summed E-state index contributed by atoms with van der Waals surface area (Å²) in [6, 6.07) is 7.97. The first-order valence-corrected chi connectivity index (χ1v) is 6.31. The molecule has 20 heavy (non-hydrogen) atoms. The number of hydrogen-bond acceptors (Lipinski definition) is 5. The lowest BCUT2D eigenvalue weighted by Gasteiger charge is -2.25. The van der Waals surface area contributed by atoms with E-state index in [0.29, 0.717) is 18.1 Å². The van der Waals surface area contributed by atoms with Crippen LogP contribution in [0.2, 0.25) is 0 Å². The van der Waals surface area contributed by atoms with E-state index in [2.05, 4.69) is 15.1 Å². The summed E-state index contributed by atoms with van der Waals surface area (Å²) in [5.41, 5.74) is 8.17. The molecule has 1 aromatic carbocycles. The lowest BCUT2D eigenvalue weighted by atomic mass is 10.1. The lowest BCUT2D eigenvalue weighted by molar-refractivity contribution is 0.318. The van der Waals surface area contributed by atoms with Gasteiger partial charge in [-0.05, 0) is 25.5 Å². The van der Waals surface area contributed by atoms with Gasteiger partial charge in [-0.15, -0.1) is 0 Å². The molecule has 1 heterocycles. The summed E-state index contributed by atoms with van der Waals surface area (Å²) in [5.74, 6) is 0.514. The first-order valence-electron chi connectivity index (χ1n) is 6.31. The molecule has 0 saturated heterocycles. The molecule has 0 saturated carbocycles. The number of oxime groups is 1.